The van der Waals surface area contributed by atoms with Gasteiger partial charge in [-0.05, 0) is 37.1 Å². The van der Waals surface area contributed by atoms with Crippen LogP contribution < -0.4 is 5.73 Å². The van der Waals surface area contributed by atoms with Crippen molar-refractivity contribution in [2.45, 2.75) is 26.9 Å². The summed E-state index contributed by atoms with van der Waals surface area (Å²) in [6.07, 6.45) is 1.79. The van der Waals surface area contributed by atoms with E-state index in [9.17, 15) is 4.39 Å². The number of benzene rings is 1. The first kappa shape index (κ1) is 11.8. The van der Waals surface area contributed by atoms with Crippen LogP contribution in [0.4, 0.5) is 4.39 Å². The monoisotopic (exact) mass is 233 g/mol. The maximum absolute atomic E-state index is 13.0. The maximum Gasteiger partial charge on any atom is 0.123 e. The Balaban J connectivity index is 2.34. The molecule has 1 aromatic carbocycles. The number of hydrogen-bond donors (Lipinski definition) is 1. The smallest absolute Gasteiger partial charge is 0.123 e. The van der Waals surface area contributed by atoms with E-state index in [-0.39, 0.29) is 5.82 Å². The number of aromatic nitrogens is 2. The molecule has 4 heteroatoms. The third kappa shape index (κ3) is 2.36. The van der Waals surface area contributed by atoms with Gasteiger partial charge in [-0.1, -0.05) is 6.07 Å². The number of aryl methyl sites for hydroxylation is 2. The van der Waals surface area contributed by atoms with Crippen LogP contribution in [-0.2, 0) is 13.1 Å². The van der Waals surface area contributed by atoms with Gasteiger partial charge in [0.25, 0.3) is 0 Å². The molecule has 1 heterocycles. The van der Waals surface area contributed by atoms with Crippen molar-refractivity contribution in [3.63, 3.8) is 0 Å². The van der Waals surface area contributed by atoms with Gasteiger partial charge in [-0.2, -0.15) is 0 Å². The molecule has 3 nitrogen and oxygen atoms in total. The average Bonchev–Trinajstić information content (AvgIpc) is 2.64. The van der Waals surface area contributed by atoms with Gasteiger partial charge in [0.05, 0.1) is 5.69 Å². The molecule has 2 aromatic rings. The molecule has 0 saturated carbocycles. The molecule has 0 aliphatic heterocycles. The van der Waals surface area contributed by atoms with E-state index >= 15 is 0 Å². The molecule has 0 fully saturated rings. The fourth-order valence-corrected chi connectivity index (χ4v) is 1.90. The second-order valence-electron chi connectivity index (χ2n) is 4.16. The van der Waals surface area contributed by atoms with E-state index in [4.69, 9.17) is 5.73 Å². The fourth-order valence-electron chi connectivity index (χ4n) is 1.90. The molecule has 1 aromatic heterocycles. The molecule has 90 valence electrons. The standard InChI is InChI=1S/C13H16FN3/c1-9-5-12(14)4-3-11(9)8-17-10(2)16-7-13(17)6-15/h3-5,7H,6,8,15H2,1-2H3. The Kier molecular flexibility index (Phi) is 3.24. The third-order valence-corrected chi connectivity index (χ3v) is 2.98. The van der Waals surface area contributed by atoms with Gasteiger partial charge in [-0.3, -0.25) is 0 Å². The topological polar surface area (TPSA) is 43.8 Å². The number of rotatable bonds is 3. The Morgan fingerprint density at radius 1 is 1.35 bits per heavy atom. The summed E-state index contributed by atoms with van der Waals surface area (Å²) in [7, 11) is 0. The second-order valence-corrected chi connectivity index (χ2v) is 4.16. The van der Waals surface area contributed by atoms with Crippen molar-refractivity contribution in [1.82, 2.24) is 9.55 Å². The zero-order valence-corrected chi connectivity index (χ0v) is 10.1. The number of nitrogens with zero attached hydrogens (tertiary/aromatic N) is 2. The van der Waals surface area contributed by atoms with Crippen LogP contribution in [0, 0.1) is 19.7 Å². The minimum Gasteiger partial charge on any atom is -0.327 e. The summed E-state index contributed by atoms with van der Waals surface area (Å²) in [5, 5.41) is 0. The first-order valence-corrected chi connectivity index (χ1v) is 5.58. The molecule has 0 bridgehead atoms. The van der Waals surface area contributed by atoms with Gasteiger partial charge in [-0.15, -0.1) is 0 Å². The van der Waals surface area contributed by atoms with Gasteiger partial charge < -0.3 is 10.3 Å². The van der Waals surface area contributed by atoms with Crippen LogP contribution in [0.1, 0.15) is 22.6 Å². The molecular weight excluding hydrogens is 217 g/mol. The van der Waals surface area contributed by atoms with Crippen molar-refractivity contribution < 1.29 is 4.39 Å². The lowest BCUT2D eigenvalue weighted by atomic mass is 10.1. The average molecular weight is 233 g/mol. The molecule has 0 aliphatic carbocycles. The third-order valence-electron chi connectivity index (χ3n) is 2.98. The van der Waals surface area contributed by atoms with Gasteiger partial charge >= 0.3 is 0 Å². The molecule has 17 heavy (non-hydrogen) atoms. The molecule has 0 aliphatic rings. The predicted molar refractivity (Wildman–Crippen MR) is 65.1 cm³/mol. The van der Waals surface area contributed by atoms with Gasteiger partial charge in [0.15, 0.2) is 0 Å². The van der Waals surface area contributed by atoms with Crippen LogP contribution in [0.15, 0.2) is 24.4 Å². The van der Waals surface area contributed by atoms with E-state index in [2.05, 4.69) is 9.55 Å². The van der Waals surface area contributed by atoms with Gasteiger partial charge in [0.2, 0.25) is 0 Å². The highest BCUT2D eigenvalue weighted by Crippen LogP contribution is 2.14. The zero-order valence-electron chi connectivity index (χ0n) is 10.1. The van der Waals surface area contributed by atoms with E-state index in [0.717, 1.165) is 22.6 Å². The molecule has 0 atom stereocenters. The first-order valence-electron chi connectivity index (χ1n) is 5.58. The normalized spacial score (nSPS) is 10.8. The summed E-state index contributed by atoms with van der Waals surface area (Å²) in [5.41, 5.74) is 8.68. The predicted octanol–water partition coefficient (Wildman–Crippen LogP) is 2.15. The highest BCUT2D eigenvalue weighted by atomic mass is 19.1. The van der Waals surface area contributed by atoms with Gasteiger partial charge in [-0.25, -0.2) is 9.37 Å². The zero-order chi connectivity index (χ0) is 12.4. The molecular formula is C13H16FN3. The highest BCUT2D eigenvalue weighted by molar-refractivity contribution is 5.27. The van der Waals surface area contributed by atoms with Crippen molar-refractivity contribution in [2.24, 2.45) is 5.73 Å². The molecule has 0 saturated heterocycles. The molecule has 0 radical (unpaired) electrons. The summed E-state index contributed by atoms with van der Waals surface area (Å²) in [5.74, 6) is 0.724. The summed E-state index contributed by atoms with van der Waals surface area (Å²) < 4.78 is 15.1. The Morgan fingerprint density at radius 2 is 2.12 bits per heavy atom. The summed E-state index contributed by atoms with van der Waals surface area (Å²) in [6, 6.07) is 4.84. The van der Waals surface area contributed by atoms with Crippen molar-refractivity contribution in [3.8, 4) is 0 Å². The molecule has 0 unspecified atom stereocenters. The Bertz CT molecular complexity index is 531. The van der Waals surface area contributed by atoms with Crippen molar-refractivity contribution >= 4 is 0 Å². The van der Waals surface area contributed by atoms with Crippen molar-refractivity contribution in [1.29, 1.82) is 0 Å². The van der Waals surface area contributed by atoms with Crippen LogP contribution in [0.5, 0.6) is 0 Å². The van der Waals surface area contributed by atoms with Crippen LogP contribution in [0.3, 0.4) is 0 Å². The van der Waals surface area contributed by atoms with E-state index < -0.39 is 0 Å². The Morgan fingerprint density at radius 3 is 2.76 bits per heavy atom. The summed E-state index contributed by atoms with van der Waals surface area (Å²) in [4.78, 5) is 4.24. The van der Waals surface area contributed by atoms with Crippen LogP contribution in [0.25, 0.3) is 0 Å². The highest BCUT2D eigenvalue weighted by Gasteiger charge is 2.07. The second kappa shape index (κ2) is 4.67. The van der Waals surface area contributed by atoms with E-state index in [1.807, 2.05) is 19.9 Å². The van der Waals surface area contributed by atoms with E-state index in [1.165, 1.54) is 6.07 Å². The molecule has 2 rings (SSSR count). The van der Waals surface area contributed by atoms with Crippen molar-refractivity contribution in [3.05, 3.63) is 52.9 Å². The SMILES string of the molecule is Cc1cc(F)ccc1Cn1c(CN)cnc1C. The number of nitrogens with two attached hydrogens (primary N) is 1. The van der Waals surface area contributed by atoms with Crippen LogP contribution >= 0.6 is 0 Å². The fraction of sp³-hybridized carbons (Fsp3) is 0.308. The molecule has 0 spiro atoms. The largest absolute Gasteiger partial charge is 0.327 e. The molecule has 0 amide bonds. The van der Waals surface area contributed by atoms with Crippen LogP contribution in [-0.4, -0.2) is 9.55 Å². The summed E-state index contributed by atoms with van der Waals surface area (Å²) >= 11 is 0. The lowest BCUT2D eigenvalue weighted by molar-refractivity contribution is 0.623. The quantitative estimate of drug-likeness (QED) is 0.882. The minimum atomic E-state index is -0.201. The minimum absolute atomic E-state index is 0.201. The lowest BCUT2D eigenvalue weighted by Crippen LogP contribution is -2.10. The van der Waals surface area contributed by atoms with E-state index in [0.29, 0.717) is 13.1 Å². The van der Waals surface area contributed by atoms with Crippen LogP contribution in [0.2, 0.25) is 0 Å². The lowest BCUT2D eigenvalue weighted by Gasteiger charge is -2.11. The van der Waals surface area contributed by atoms with Gasteiger partial charge in [0.1, 0.15) is 11.6 Å². The molecule has 2 N–H and O–H groups in total. The van der Waals surface area contributed by atoms with Gasteiger partial charge in [0, 0.05) is 19.3 Å². The first-order chi connectivity index (χ1) is 8.11. The number of imidazole rings is 1. The Labute approximate surface area is 100 Å². The number of halogens is 1. The Hall–Kier alpha value is -1.68. The van der Waals surface area contributed by atoms with Crippen molar-refractivity contribution in [2.75, 3.05) is 0 Å². The summed E-state index contributed by atoms with van der Waals surface area (Å²) in [6.45, 7) is 5.00. The maximum atomic E-state index is 13.0. The van der Waals surface area contributed by atoms with E-state index in [1.54, 1.807) is 12.3 Å². The number of hydrogen-bond acceptors (Lipinski definition) is 2.